The average molecular weight is 335 g/mol. The second-order valence-electron chi connectivity index (χ2n) is 6.62. The average Bonchev–Trinajstić information content (AvgIpc) is 2.66. The van der Waals surface area contributed by atoms with Crippen molar-refractivity contribution in [1.82, 2.24) is 4.90 Å². The summed E-state index contributed by atoms with van der Waals surface area (Å²) in [7, 11) is 0. The van der Waals surface area contributed by atoms with E-state index in [1.54, 1.807) is 0 Å². The number of rotatable bonds is 11. The summed E-state index contributed by atoms with van der Waals surface area (Å²) in [5.74, 6) is 0. The molecule has 2 aromatic rings. The van der Waals surface area contributed by atoms with Gasteiger partial charge in [0.1, 0.15) is 0 Å². The van der Waals surface area contributed by atoms with Crippen LogP contribution < -0.4 is 0 Å². The Morgan fingerprint density at radius 2 is 1.32 bits per heavy atom. The number of unbranched alkanes of at least 4 members (excludes halogenated alkanes) is 5. The van der Waals surface area contributed by atoms with Crippen LogP contribution in [-0.4, -0.2) is 18.0 Å². The third kappa shape index (κ3) is 6.36. The molecule has 0 bridgehead atoms. The van der Waals surface area contributed by atoms with Crippen molar-refractivity contribution in [1.29, 1.82) is 5.26 Å². The number of nitriles is 1. The van der Waals surface area contributed by atoms with Crippen molar-refractivity contribution >= 4 is 0 Å². The number of hydrogen-bond donors (Lipinski definition) is 0. The summed E-state index contributed by atoms with van der Waals surface area (Å²) in [6.45, 7) is 3.68. The summed E-state index contributed by atoms with van der Waals surface area (Å²) in [5, 5.41) is 9.36. The minimum atomic E-state index is 0.151. The predicted octanol–water partition coefficient (Wildman–Crippen LogP) is 5.96. The van der Waals surface area contributed by atoms with Crippen LogP contribution in [0.25, 0.3) is 0 Å². The van der Waals surface area contributed by atoms with Gasteiger partial charge >= 0.3 is 0 Å². The lowest BCUT2D eigenvalue weighted by Gasteiger charge is -2.30. The van der Waals surface area contributed by atoms with Gasteiger partial charge in [-0.15, -0.1) is 0 Å². The molecule has 132 valence electrons. The van der Waals surface area contributed by atoms with E-state index in [0.29, 0.717) is 6.54 Å². The Bertz CT molecular complexity index is 576. The third-order valence-electron chi connectivity index (χ3n) is 4.67. The Kier molecular flexibility index (Phi) is 8.80. The summed E-state index contributed by atoms with van der Waals surface area (Å²) in [6, 6.07) is 23.6. The minimum absolute atomic E-state index is 0.151. The molecule has 0 heterocycles. The molecule has 0 N–H and O–H groups in total. The first-order valence-electron chi connectivity index (χ1n) is 9.57. The molecule has 0 spiro atoms. The molecule has 0 aromatic heterocycles. The van der Waals surface area contributed by atoms with Gasteiger partial charge in [-0.25, -0.2) is 0 Å². The largest absolute Gasteiger partial charge is 0.279 e. The third-order valence-corrected chi connectivity index (χ3v) is 4.67. The monoisotopic (exact) mass is 334 g/mol. The van der Waals surface area contributed by atoms with E-state index in [1.807, 2.05) is 12.1 Å². The van der Waals surface area contributed by atoms with Gasteiger partial charge in [-0.2, -0.15) is 5.26 Å². The molecule has 0 atom stereocenters. The van der Waals surface area contributed by atoms with Crippen molar-refractivity contribution < 1.29 is 0 Å². The van der Waals surface area contributed by atoms with E-state index in [9.17, 15) is 5.26 Å². The van der Waals surface area contributed by atoms with E-state index in [-0.39, 0.29) is 6.04 Å². The van der Waals surface area contributed by atoms with Gasteiger partial charge < -0.3 is 0 Å². The van der Waals surface area contributed by atoms with Crippen LogP contribution in [0.15, 0.2) is 60.7 Å². The second kappa shape index (κ2) is 11.4. The Morgan fingerprint density at radius 3 is 1.84 bits per heavy atom. The molecular weight excluding hydrogens is 304 g/mol. The Hall–Kier alpha value is -2.11. The molecule has 0 aliphatic carbocycles. The summed E-state index contributed by atoms with van der Waals surface area (Å²) in [4.78, 5) is 2.32. The van der Waals surface area contributed by atoms with Crippen LogP contribution in [-0.2, 0) is 0 Å². The molecule has 0 amide bonds. The lowest BCUT2D eigenvalue weighted by Crippen LogP contribution is -2.31. The van der Waals surface area contributed by atoms with E-state index >= 15 is 0 Å². The fraction of sp³-hybridized carbons (Fsp3) is 0.435. The molecule has 2 aromatic carbocycles. The van der Waals surface area contributed by atoms with Gasteiger partial charge in [-0.3, -0.25) is 4.90 Å². The van der Waals surface area contributed by atoms with Crippen LogP contribution in [0.3, 0.4) is 0 Å². The lowest BCUT2D eigenvalue weighted by atomic mass is 9.96. The highest BCUT2D eigenvalue weighted by Gasteiger charge is 2.21. The number of hydrogen-bond acceptors (Lipinski definition) is 2. The molecule has 2 nitrogen and oxygen atoms in total. The van der Waals surface area contributed by atoms with E-state index in [0.717, 1.165) is 13.0 Å². The zero-order valence-electron chi connectivity index (χ0n) is 15.4. The van der Waals surface area contributed by atoms with Gasteiger partial charge in [0, 0.05) is 6.54 Å². The van der Waals surface area contributed by atoms with Gasteiger partial charge in [-0.05, 0) is 17.5 Å². The molecule has 0 unspecified atom stereocenters. The summed E-state index contributed by atoms with van der Waals surface area (Å²) in [6.07, 6.45) is 7.65. The molecule has 0 aliphatic heterocycles. The normalized spacial score (nSPS) is 11.0. The smallest absolute Gasteiger partial charge is 0.0873 e. The van der Waals surface area contributed by atoms with Crippen molar-refractivity contribution in [2.75, 3.05) is 13.1 Å². The quantitative estimate of drug-likeness (QED) is 0.374. The van der Waals surface area contributed by atoms with Crippen molar-refractivity contribution in [3.05, 3.63) is 71.8 Å². The first kappa shape index (κ1) is 19.2. The van der Waals surface area contributed by atoms with Gasteiger partial charge in [-0.1, -0.05) is 99.7 Å². The highest BCUT2D eigenvalue weighted by atomic mass is 15.1. The molecule has 0 saturated carbocycles. The van der Waals surface area contributed by atoms with E-state index in [1.165, 1.54) is 43.2 Å². The first-order chi connectivity index (χ1) is 12.4. The first-order valence-corrected chi connectivity index (χ1v) is 9.57. The zero-order chi connectivity index (χ0) is 17.7. The Morgan fingerprint density at radius 1 is 0.800 bits per heavy atom. The SMILES string of the molecule is CCCCCCCCN(CC#N)C(c1ccccc1)c1ccccc1. The van der Waals surface area contributed by atoms with Crippen LogP contribution >= 0.6 is 0 Å². The minimum Gasteiger partial charge on any atom is -0.279 e. The fourth-order valence-corrected chi connectivity index (χ4v) is 3.37. The molecule has 2 rings (SSSR count). The van der Waals surface area contributed by atoms with Crippen molar-refractivity contribution in [3.8, 4) is 6.07 Å². The summed E-state index contributed by atoms with van der Waals surface area (Å²) in [5.41, 5.74) is 2.52. The van der Waals surface area contributed by atoms with Gasteiger partial charge in [0.15, 0.2) is 0 Å². The summed E-state index contributed by atoms with van der Waals surface area (Å²) < 4.78 is 0. The van der Waals surface area contributed by atoms with Crippen LogP contribution in [0, 0.1) is 11.3 Å². The molecule has 2 heteroatoms. The van der Waals surface area contributed by atoms with E-state index in [4.69, 9.17) is 0 Å². The standard InChI is InChI=1S/C23H30N2/c1-2-3-4-5-6-13-19-25(20-18-24)23(21-14-9-7-10-15-21)22-16-11-8-12-17-22/h7-12,14-17,23H,2-6,13,19-20H2,1H3. The zero-order valence-corrected chi connectivity index (χ0v) is 15.4. The maximum atomic E-state index is 9.36. The molecule has 0 aliphatic rings. The van der Waals surface area contributed by atoms with Crippen LogP contribution in [0.2, 0.25) is 0 Å². The van der Waals surface area contributed by atoms with Crippen molar-refractivity contribution in [2.45, 2.75) is 51.5 Å². The van der Waals surface area contributed by atoms with E-state index < -0.39 is 0 Å². The predicted molar refractivity (Wildman–Crippen MR) is 105 cm³/mol. The van der Waals surface area contributed by atoms with Crippen LogP contribution in [0.5, 0.6) is 0 Å². The molecule has 25 heavy (non-hydrogen) atoms. The number of nitrogens with zero attached hydrogens (tertiary/aromatic N) is 2. The van der Waals surface area contributed by atoms with Gasteiger partial charge in [0.25, 0.3) is 0 Å². The Labute approximate surface area is 153 Å². The van der Waals surface area contributed by atoms with Crippen molar-refractivity contribution in [3.63, 3.8) is 0 Å². The maximum Gasteiger partial charge on any atom is 0.0873 e. The highest BCUT2D eigenvalue weighted by molar-refractivity contribution is 5.32. The fourth-order valence-electron chi connectivity index (χ4n) is 3.37. The van der Waals surface area contributed by atoms with Crippen LogP contribution in [0.4, 0.5) is 0 Å². The Balaban J connectivity index is 2.10. The van der Waals surface area contributed by atoms with Crippen LogP contribution in [0.1, 0.15) is 62.6 Å². The van der Waals surface area contributed by atoms with Crippen molar-refractivity contribution in [2.24, 2.45) is 0 Å². The molecule has 0 radical (unpaired) electrons. The van der Waals surface area contributed by atoms with E-state index in [2.05, 4.69) is 66.4 Å². The van der Waals surface area contributed by atoms with Gasteiger partial charge in [0.2, 0.25) is 0 Å². The topological polar surface area (TPSA) is 27.0 Å². The number of benzene rings is 2. The maximum absolute atomic E-state index is 9.36. The molecule has 0 fully saturated rings. The molecular formula is C23H30N2. The van der Waals surface area contributed by atoms with Gasteiger partial charge in [0.05, 0.1) is 18.7 Å². The summed E-state index contributed by atoms with van der Waals surface area (Å²) >= 11 is 0. The second-order valence-corrected chi connectivity index (χ2v) is 6.62. The highest BCUT2D eigenvalue weighted by Crippen LogP contribution is 2.28. The lowest BCUT2D eigenvalue weighted by molar-refractivity contribution is 0.246. The molecule has 0 saturated heterocycles.